The van der Waals surface area contributed by atoms with Crippen molar-refractivity contribution in [1.82, 2.24) is 0 Å². The molecule has 0 aliphatic rings. The topological polar surface area (TPSA) is 51.2 Å². The SMILES string of the molecule is Cc1ccccc1C(=O)CS(=O)(=O)C(C)(C)C. The highest BCUT2D eigenvalue weighted by atomic mass is 32.2. The van der Waals surface area contributed by atoms with Gasteiger partial charge < -0.3 is 0 Å². The average Bonchev–Trinajstić information content (AvgIpc) is 2.15. The quantitative estimate of drug-likeness (QED) is 0.778. The molecule has 1 aromatic carbocycles. The Labute approximate surface area is 103 Å². The molecule has 0 N–H and O–H groups in total. The van der Waals surface area contributed by atoms with Crippen molar-refractivity contribution >= 4 is 15.6 Å². The standard InChI is InChI=1S/C13H18O3S/c1-10-7-5-6-8-11(10)12(14)9-17(15,16)13(2,3)4/h5-8H,9H2,1-4H3. The summed E-state index contributed by atoms with van der Waals surface area (Å²) in [6.45, 7) is 6.62. The number of benzene rings is 1. The molecule has 0 saturated carbocycles. The maximum atomic E-state index is 11.9. The van der Waals surface area contributed by atoms with Crippen molar-refractivity contribution in [3.8, 4) is 0 Å². The minimum absolute atomic E-state index is 0.335. The van der Waals surface area contributed by atoms with Gasteiger partial charge in [-0.15, -0.1) is 0 Å². The molecular weight excluding hydrogens is 236 g/mol. The molecule has 94 valence electrons. The number of carbonyl (C=O) groups excluding carboxylic acids is 1. The van der Waals surface area contributed by atoms with E-state index >= 15 is 0 Å². The Morgan fingerprint density at radius 1 is 1.18 bits per heavy atom. The molecule has 0 amide bonds. The molecule has 0 spiro atoms. The Morgan fingerprint density at radius 2 is 1.71 bits per heavy atom. The van der Waals surface area contributed by atoms with Gasteiger partial charge in [0.25, 0.3) is 0 Å². The van der Waals surface area contributed by atoms with Crippen LogP contribution in [0.25, 0.3) is 0 Å². The second-order valence-electron chi connectivity index (χ2n) is 5.11. The molecule has 0 heterocycles. The zero-order valence-electron chi connectivity index (χ0n) is 10.6. The fourth-order valence-electron chi connectivity index (χ4n) is 1.35. The predicted octanol–water partition coefficient (Wildman–Crippen LogP) is 2.39. The number of Topliss-reactive ketones (excluding diaryl/α,β-unsaturated/α-hetero) is 1. The molecular formula is C13H18O3S. The van der Waals surface area contributed by atoms with Gasteiger partial charge in [-0.25, -0.2) is 8.42 Å². The van der Waals surface area contributed by atoms with Crippen LogP contribution in [0.1, 0.15) is 36.7 Å². The smallest absolute Gasteiger partial charge is 0.178 e. The highest BCUT2D eigenvalue weighted by Crippen LogP contribution is 2.18. The summed E-state index contributed by atoms with van der Waals surface area (Å²) in [5, 5.41) is 0. The fourth-order valence-corrected chi connectivity index (χ4v) is 2.29. The van der Waals surface area contributed by atoms with Crippen molar-refractivity contribution in [2.45, 2.75) is 32.4 Å². The van der Waals surface area contributed by atoms with Gasteiger partial charge in [-0.1, -0.05) is 24.3 Å². The molecule has 1 aromatic rings. The van der Waals surface area contributed by atoms with Crippen LogP contribution in [0.15, 0.2) is 24.3 Å². The lowest BCUT2D eigenvalue weighted by atomic mass is 10.1. The number of rotatable bonds is 3. The lowest BCUT2D eigenvalue weighted by Gasteiger charge is -2.18. The van der Waals surface area contributed by atoms with E-state index in [-0.39, 0.29) is 5.78 Å². The van der Waals surface area contributed by atoms with Gasteiger partial charge in [0.1, 0.15) is 5.75 Å². The van der Waals surface area contributed by atoms with Crippen LogP contribution in [-0.2, 0) is 9.84 Å². The Balaban J connectivity index is 3.00. The monoisotopic (exact) mass is 254 g/mol. The maximum absolute atomic E-state index is 11.9. The molecule has 17 heavy (non-hydrogen) atoms. The van der Waals surface area contributed by atoms with Crippen molar-refractivity contribution < 1.29 is 13.2 Å². The largest absolute Gasteiger partial charge is 0.293 e. The van der Waals surface area contributed by atoms with Crippen molar-refractivity contribution in [3.63, 3.8) is 0 Å². The van der Waals surface area contributed by atoms with Gasteiger partial charge in [-0.05, 0) is 33.3 Å². The molecule has 3 nitrogen and oxygen atoms in total. The van der Waals surface area contributed by atoms with E-state index in [1.54, 1.807) is 45.9 Å². The van der Waals surface area contributed by atoms with Crippen LogP contribution < -0.4 is 0 Å². The highest BCUT2D eigenvalue weighted by molar-refractivity contribution is 7.93. The zero-order valence-corrected chi connectivity index (χ0v) is 11.5. The van der Waals surface area contributed by atoms with Gasteiger partial charge >= 0.3 is 0 Å². The second kappa shape index (κ2) is 4.61. The van der Waals surface area contributed by atoms with Crippen LogP contribution in [0.5, 0.6) is 0 Å². The third kappa shape index (κ3) is 3.16. The van der Waals surface area contributed by atoms with E-state index in [0.29, 0.717) is 5.56 Å². The van der Waals surface area contributed by atoms with E-state index in [2.05, 4.69) is 0 Å². The van der Waals surface area contributed by atoms with Crippen LogP contribution >= 0.6 is 0 Å². The van der Waals surface area contributed by atoms with Crippen LogP contribution in [0.3, 0.4) is 0 Å². The first-order valence-corrected chi connectivity index (χ1v) is 7.11. The maximum Gasteiger partial charge on any atom is 0.178 e. The molecule has 0 saturated heterocycles. The average molecular weight is 254 g/mol. The van der Waals surface area contributed by atoms with Gasteiger partial charge in [-0.2, -0.15) is 0 Å². The van der Waals surface area contributed by atoms with Crippen LogP contribution in [-0.4, -0.2) is 24.7 Å². The van der Waals surface area contributed by atoms with Crippen molar-refractivity contribution in [2.24, 2.45) is 0 Å². The number of ketones is 1. The molecule has 1 rings (SSSR count). The highest BCUT2D eigenvalue weighted by Gasteiger charge is 2.31. The molecule has 0 atom stereocenters. The van der Waals surface area contributed by atoms with E-state index in [1.165, 1.54) is 0 Å². The van der Waals surface area contributed by atoms with E-state index < -0.39 is 20.3 Å². The molecule has 0 radical (unpaired) electrons. The summed E-state index contributed by atoms with van der Waals surface area (Å²) in [4.78, 5) is 11.9. The van der Waals surface area contributed by atoms with Crippen LogP contribution in [0, 0.1) is 6.92 Å². The fraction of sp³-hybridized carbons (Fsp3) is 0.462. The summed E-state index contributed by atoms with van der Waals surface area (Å²) in [7, 11) is -3.41. The third-order valence-electron chi connectivity index (χ3n) is 2.70. The lowest BCUT2D eigenvalue weighted by molar-refractivity contribution is 0.102. The number of aryl methyl sites for hydroxylation is 1. The van der Waals surface area contributed by atoms with E-state index in [4.69, 9.17) is 0 Å². The summed E-state index contributed by atoms with van der Waals surface area (Å²) in [6.07, 6.45) is 0. The van der Waals surface area contributed by atoms with Gasteiger partial charge in [-0.3, -0.25) is 4.79 Å². The lowest BCUT2D eigenvalue weighted by Crippen LogP contribution is -2.33. The Hall–Kier alpha value is -1.16. The van der Waals surface area contributed by atoms with Crippen LogP contribution in [0.4, 0.5) is 0 Å². The summed E-state index contributed by atoms with van der Waals surface area (Å²) in [5.74, 6) is -0.764. The van der Waals surface area contributed by atoms with Gasteiger partial charge in [0, 0.05) is 5.56 Å². The Morgan fingerprint density at radius 3 is 2.18 bits per heavy atom. The molecule has 0 aliphatic carbocycles. The third-order valence-corrected chi connectivity index (χ3v) is 5.21. The van der Waals surface area contributed by atoms with Crippen LogP contribution in [0.2, 0.25) is 0 Å². The molecule has 0 aromatic heterocycles. The first-order valence-electron chi connectivity index (χ1n) is 5.46. The van der Waals surface area contributed by atoms with Gasteiger partial charge in [0.2, 0.25) is 0 Å². The molecule has 0 fully saturated rings. The van der Waals surface area contributed by atoms with Crippen molar-refractivity contribution in [3.05, 3.63) is 35.4 Å². The second-order valence-corrected chi connectivity index (χ2v) is 7.85. The summed E-state index contributed by atoms with van der Waals surface area (Å²) >= 11 is 0. The van der Waals surface area contributed by atoms with E-state index in [1.807, 2.05) is 6.07 Å². The first-order chi connectivity index (χ1) is 7.65. The number of carbonyl (C=O) groups is 1. The number of hydrogen-bond acceptors (Lipinski definition) is 3. The zero-order chi connectivity index (χ0) is 13.3. The number of sulfone groups is 1. The molecule has 4 heteroatoms. The van der Waals surface area contributed by atoms with Gasteiger partial charge in [0.15, 0.2) is 15.6 Å². The summed E-state index contributed by atoms with van der Waals surface area (Å²) in [6, 6.07) is 7.03. The summed E-state index contributed by atoms with van der Waals surface area (Å²) in [5.41, 5.74) is 1.29. The van der Waals surface area contributed by atoms with Crippen molar-refractivity contribution in [1.29, 1.82) is 0 Å². The van der Waals surface area contributed by atoms with E-state index in [9.17, 15) is 13.2 Å². The molecule has 0 bridgehead atoms. The van der Waals surface area contributed by atoms with E-state index in [0.717, 1.165) is 5.56 Å². The Bertz CT molecular complexity index is 522. The minimum atomic E-state index is -3.41. The predicted molar refractivity (Wildman–Crippen MR) is 69.0 cm³/mol. The summed E-state index contributed by atoms with van der Waals surface area (Å²) < 4.78 is 23.0. The van der Waals surface area contributed by atoms with Gasteiger partial charge in [0.05, 0.1) is 4.75 Å². The normalized spacial score (nSPS) is 12.5. The van der Waals surface area contributed by atoms with Crippen molar-refractivity contribution in [2.75, 3.05) is 5.75 Å². The minimum Gasteiger partial charge on any atom is -0.293 e. The molecule has 0 unspecified atom stereocenters. The Kier molecular flexibility index (Phi) is 3.77. The number of hydrogen-bond donors (Lipinski definition) is 0. The molecule has 0 aliphatic heterocycles. The first kappa shape index (κ1) is 13.9.